The molecule has 0 fully saturated rings. The van der Waals surface area contributed by atoms with E-state index in [1.807, 2.05) is 6.92 Å². The van der Waals surface area contributed by atoms with Crippen molar-refractivity contribution in [1.29, 1.82) is 0 Å². The number of esters is 3. The van der Waals surface area contributed by atoms with Gasteiger partial charge in [-0.15, -0.1) is 6.42 Å². The number of benzene rings is 9. The molecule has 0 spiro atoms. The standard InChI is InChI=1S/C30H31N3O4.C30H15N3O4.C26H23N3O4.6H2/c1-3-5-11-20(4-2)19-37-30(36)22-13-10-12-21(18-22)27-31-28(23-14-6-8-16-25(23)34)33-29(32-27)24-15-7-9-17-26(24)35;1-2-3-4-5-6-11-19-37-30(36)22-14-12-13-21(20-22)27-31-28(23-15-7-9-17-25(23)34)33-29(32-27)24-16-8-10-18-26(24)35;1-2-3-15-33-26(32)18-10-8-9-17(16-18)23-27-24(19-11-4-6-13-21(19)30)29-25(28-23)20-12-5-7-14-22(20)31;;;;;;/h6-10,12-18,20,34-35H,3-5,11,19H2,1-2H3;1,7-10,12-18,20,34-35H;4-14,16,30-31H,2-3,15H2,1H3;6*1H. The van der Waals surface area contributed by atoms with Crippen molar-refractivity contribution in [2.45, 2.75) is 59.3 Å². The third kappa shape index (κ3) is 20.2. The summed E-state index contributed by atoms with van der Waals surface area (Å²) in [5.74, 6) is 15.0. The molecule has 0 aliphatic rings. The monoisotopic (exact) mass is 1430 g/mol. The Kier molecular flexibility index (Phi) is 26.3. The van der Waals surface area contributed by atoms with E-state index in [9.17, 15) is 45.0 Å². The number of phenolic OH excluding ortho intramolecular Hbond substituents is 6. The molecule has 0 saturated carbocycles. The number of carbonyl (C=O) groups excluding carboxylic acids is 3. The molecule has 0 saturated heterocycles. The predicted molar refractivity (Wildman–Crippen MR) is 417 cm³/mol. The molecule has 9 aromatic carbocycles. The van der Waals surface area contributed by atoms with Gasteiger partial charge in [0.25, 0.3) is 0 Å². The van der Waals surface area contributed by atoms with E-state index in [-0.39, 0.29) is 89.4 Å². The first-order chi connectivity index (χ1) is 52.1. The van der Waals surface area contributed by atoms with Gasteiger partial charge in [0.1, 0.15) is 40.6 Å². The number of ether oxygens (including phenoxy) is 3. The molecule has 21 heteroatoms. The van der Waals surface area contributed by atoms with Crippen LogP contribution in [0.1, 0.15) is 98.9 Å². The first-order valence-corrected chi connectivity index (χ1v) is 33.9. The predicted octanol–water partition coefficient (Wildman–Crippen LogP) is 17.4. The van der Waals surface area contributed by atoms with Crippen molar-refractivity contribution >= 4 is 17.9 Å². The first-order valence-electron chi connectivity index (χ1n) is 33.9. The fraction of sp³-hybridized carbons (Fsp3) is 0.140. The molecule has 3 heterocycles. The number of phenols is 6. The van der Waals surface area contributed by atoms with Gasteiger partial charge in [-0.3, -0.25) is 0 Å². The van der Waals surface area contributed by atoms with Crippen molar-refractivity contribution in [2.24, 2.45) is 5.92 Å². The maximum absolute atomic E-state index is 12.8. The van der Waals surface area contributed by atoms with E-state index >= 15 is 0 Å². The van der Waals surface area contributed by atoms with Crippen LogP contribution in [0.5, 0.6) is 34.5 Å². The van der Waals surface area contributed by atoms with Crippen molar-refractivity contribution in [1.82, 2.24) is 44.9 Å². The number of hydrogen-bond donors (Lipinski definition) is 6. The third-order valence-corrected chi connectivity index (χ3v) is 16.1. The van der Waals surface area contributed by atoms with Crippen LogP contribution in [0.25, 0.3) is 102 Å². The van der Waals surface area contributed by atoms with Gasteiger partial charge in [0.2, 0.25) is 0 Å². The lowest BCUT2D eigenvalue weighted by Gasteiger charge is -2.15. The number of aromatic nitrogens is 9. The van der Waals surface area contributed by atoms with Crippen LogP contribution >= 0.6 is 0 Å². The van der Waals surface area contributed by atoms with Gasteiger partial charge in [-0.05, 0) is 146 Å². The minimum atomic E-state index is -0.707. The minimum absolute atomic E-state index is 0. The summed E-state index contributed by atoms with van der Waals surface area (Å²) < 4.78 is 15.9. The molecule has 0 aliphatic heterocycles. The topological polar surface area (TPSA) is 316 Å². The van der Waals surface area contributed by atoms with E-state index in [0.717, 1.165) is 38.5 Å². The van der Waals surface area contributed by atoms with Gasteiger partial charge in [-0.25, -0.2) is 59.2 Å². The number of nitrogens with zero attached hydrogens (tertiary/aromatic N) is 9. The molecule has 12 rings (SSSR count). The zero-order valence-corrected chi connectivity index (χ0v) is 58.3. The minimum Gasteiger partial charge on any atom is -0.507 e. The van der Waals surface area contributed by atoms with E-state index in [1.54, 1.807) is 200 Å². The second-order valence-electron chi connectivity index (χ2n) is 23.5. The molecular weight excluding hydrogens is 1350 g/mol. The largest absolute Gasteiger partial charge is 0.507 e. The average molecular weight is 1430 g/mol. The highest BCUT2D eigenvalue weighted by Crippen LogP contribution is 2.37. The van der Waals surface area contributed by atoms with E-state index in [1.165, 1.54) is 18.2 Å². The van der Waals surface area contributed by atoms with Crippen LogP contribution in [0, 0.1) is 54.0 Å². The summed E-state index contributed by atoms with van der Waals surface area (Å²) in [5.41, 5.74) is 5.08. The zero-order valence-electron chi connectivity index (χ0n) is 58.3. The van der Waals surface area contributed by atoms with Crippen molar-refractivity contribution in [3.05, 3.63) is 235 Å². The van der Waals surface area contributed by atoms with E-state index in [0.29, 0.717) is 92.0 Å². The summed E-state index contributed by atoms with van der Waals surface area (Å²) in [6.07, 6.45) is 13.1. The summed E-state index contributed by atoms with van der Waals surface area (Å²) in [5, 5.41) is 62.3. The van der Waals surface area contributed by atoms with Gasteiger partial charge in [0.15, 0.2) is 52.4 Å². The van der Waals surface area contributed by atoms with Crippen LogP contribution in [0.3, 0.4) is 0 Å². The highest BCUT2D eigenvalue weighted by molar-refractivity contribution is 5.93. The van der Waals surface area contributed by atoms with Crippen molar-refractivity contribution in [3.63, 3.8) is 0 Å². The summed E-state index contributed by atoms with van der Waals surface area (Å²) in [6.45, 7) is 7.04. The quantitative estimate of drug-likeness (QED) is 0.0168. The molecule has 107 heavy (non-hydrogen) atoms. The molecule has 21 nitrogen and oxygen atoms in total. The number of para-hydroxylation sites is 6. The highest BCUT2D eigenvalue weighted by Gasteiger charge is 2.22. The lowest BCUT2D eigenvalue weighted by molar-refractivity contribution is 0.0427. The second kappa shape index (κ2) is 37.4. The first kappa shape index (κ1) is 75.1. The maximum Gasteiger partial charge on any atom is 0.352 e. The normalized spacial score (nSPS) is 10.6. The van der Waals surface area contributed by atoms with Crippen molar-refractivity contribution in [3.8, 4) is 185 Å². The summed E-state index contributed by atoms with van der Waals surface area (Å²) in [4.78, 5) is 78.6. The van der Waals surface area contributed by atoms with E-state index in [2.05, 4.69) is 100 Å². The smallest absolute Gasteiger partial charge is 0.352 e. The Morgan fingerprint density at radius 2 is 0.664 bits per heavy atom. The highest BCUT2D eigenvalue weighted by atomic mass is 16.5. The Morgan fingerprint density at radius 3 is 0.981 bits per heavy atom. The molecular formula is C86H81N9O12. The molecule has 1 unspecified atom stereocenters. The van der Waals surface area contributed by atoms with Gasteiger partial charge < -0.3 is 44.8 Å². The van der Waals surface area contributed by atoms with Crippen LogP contribution in [-0.2, 0) is 14.2 Å². The molecule has 0 aliphatic carbocycles. The van der Waals surface area contributed by atoms with Crippen LogP contribution in [0.15, 0.2) is 218 Å². The number of unbranched alkanes of at least 4 members (excludes halogenated alkanes) is 2. The molecule has 3 aromatic heterocycles. The number of aromatic hydroxyl groups is 6. The summed E-state index contributed by atoms with van der Waals surface area (Å²) >= 11 is 0. The number of terminal acetylenes is 1. The van der Waals surface area contributed by atoms with Crippen LogP contribution in [-0.4, -0.2) is 107 Å². The number of hydrogen-bond acceptors (Lipinski definition) is 21. The van der Waals surface area contributed by atoms with Gasteiger partial charge in [-0.1, -0.05) is 156 Å². The van der Waals surface area contributed by atoms with Gasteiger partial charge in [-0.2, -0.15) is 0 Å². The number of carbonyl (C=O) groups is 3. The molecule has 0 radical (unpaired) electrons. The SMILES string of the molecule is C#CC#CC#CC#COC(=O)c1cccc(-c2nc(-c3ccccc3O)nc(-c3ccccc3O)n2)c1.CCCCC(CC)COC(=O)c1cccc(-c2nc(-c3ccccc3O)nc(-c3ccccc3O)n2)c1.CCCCOC(=O)c1cccc(-c2nc(-c3ccccc3O)nc(-c3ccccc3O)n2)c1.[HH].[HH].[HH].[HH].[HH].[HH]. The lowest BCUT2D eigenvalue weighted by atomic mass is 10.0. The average Bonchev–Trinajstić information content (AvgIpc) is 0.800. The Labute approximate surface area is 626 Å². The second-order valence-corrected chi connectivity index (χ2v) is 23.5. The van der Waals surface area contributed by atoms with Gasteiger partial charge >= 0.3 is 17.9 Å². The lowest BCUT2D eigenvalue weighted by Crippen LogP contribution is -2.14. The molecule has 0 amide bonds. The van der Waals surface area contributed by atoms with Gasteiger partial charge in [0.05, 0.1) is 63.3 Å². The number of rotatable bonds is 21. The molecule has 1 atom stereocenters. The Hall–Kier alpha value is -14.5. The van der Waals surface area contributed by atoms with Crippen LogP contribution in [0.4, 0.5) is 0 Å². The molecule has 542 valence electrons. The van der Waals surface area contributed by atoms with E-state index < -0.39 is 17.9 Å². The van der Waals surface area contributed by atoms with Crippen LogP contribution in [0.2, 0.25) is 0 Å². The van der Waals surface area contributed by atoms with E-state index in [4.69, 9.17) is 20.6 Å². The molecule has 0 bridgehead atoms. The molecule has 12 aromatic rings. The Balaban J connectivity index is 0.000000349. The Morgan fingerprint density at radius 1 is 0.364 bits per heavy atom. The third-order valence-electron chi connectivity index (χ3n) is 16.1. The summed E-state index contributed by atoms with van der Waals surface area (Å²) in [7, 11) is 0. The molecule has 6 N–H and O–H groups in total. The maximum atomic E-state index is 12.8. The van der Waals surface area contributed by atoms with Gasteiger partial charge in [0, 0.05) is 43.0 Å². The zero-order chi connectivity index (χ0) is 75.4. The van der Waals surface area contributed by atoms with Crippen molar-refractivity contribution in [2.75, 3.05) is 13.2 Å². The van der Waals surface area contributed by atoms with Crippen LogP contribution < -0.4 is 0 Å². The van der Waals surface area contributed by atoms with Crippen molar-refractivity contribution < 1.29 is 67.8 Å². The fourth-order valence-electron chi connectivity index (χ4n) is 10.4. The Bertz CT molecular complexity index is 5300. The summed E-state index contributed by atoms with van der Waals surface area (Å²) in [6, 6.07) is 60.4. The fourth-order valence-corrected chi connectivity index (χ4v) is 10.4.